The third-order valence-electron chi connectivity index (χ3n) is 3.72. The summed E-state index contributed by atoms with van der Waals surface area (Å²) >= 11 is 0. The first-order valence-electron chi connectivity index (χ1n) is 7.52. The van der Waals surface area contributed by atoms with E-state index in [1.165, 1.54) is 0 Å². The number of amides is 1. The van der Waals surface area contributed by atoms with E-state index < -0.39 is 35.3 Å². The first-order chi connectivity index (χ1) is 11.8. The van der Waals surface area contributed by atoms with E-state index in [0.29, 0.717) is 5.69 Å². The number of nitrogens with one attached hydrogen (secondary N) is 1. The van der Waals surface area contributed by atoms with Gasteiger partial charge in [0.1, 0.15) is 17.4 Å². The molecule has 132 valence electrons. The lowest BCUT2D eigenvalue weighted by molar-refractivity contribution is -0.260. The van der Waals surface area contributed by atoms with Gasteiger partial charge in [0.25, 0.3) is 0 Å². The summed E-state index contributed by atoms with van der Waals surface area (Å²) in [5.41, 5.74) is 0.645. The van der Waals surface area contributed by atoms with Crippen molar-refractivity contribution in [3.63, 3.8) is 0 Å². The SMILES string of the molecule is CC[C@H](C(=O)Nc1cc(C)ccc1C)n1nnc(C(=O)[O-])c1C(=O)[O-]. The van der Waals surface area contributed by atoms with Gasteiger partial charge >= 0.3 is 0 Å². The van der Waals surface area contributed by atoms with E-state index in [9.17, 15) is 24.6 Å². The monoisotopic (exact) mass is 344 g/mol. The van der Waals surface area contributed by atoms with Gasteiger partial charge in [-0.15, -0.1) is 5.10 Å². The van der Waals surface area contributed by atoms with Gasteiger partial charge in [0.05, 0.1) is 11.9 Å². The predicted octanol–water partition coefficient (Wildman–Crippen LogP) is -0.788. The Kier molecular flexibility index (Phi) is 5.16. The summed E-state index contributed by atoms with van der Waals surface area (Å²) in [5, 5.41) is 31.7. The molecule has 0 saturated heterocycles. The van der Waals surface area contributed by atoms with Gasteiger partial charge in [0.2, 0.25) is 5.91 Å². The van der Waals surface area contributed by atoms with E-state index in [-0.39, 0.29) is 6.42 Å². The highest BCUT2D eigenvalue weighted by molar-refractivity contribution is 5.99. The summed E-state index contributed by atoms with van der Waals surface area (Å²) in [6.45, 7) is 5.31. The average Bonchev–Trinajstić information content (AvgIpc) is 2.97. The number of carboxylic acids is 2. The van der Waals surface area contributed by atoms with Crippen molar-refractivity contribution in [2.24, 2.45) is 0 Å². The normalized spacial score (nSPS) is 11.8. The molecule has 0 spiro atoms. The van der Waals surface area contributed by atoms with Gasteiger partial charge in [-0.3, -0.25) is 4.79 Å². The van der Waals surface area contributed by atoms with Crippen LogP contribution in [0, 0.1) is 13.8 Å². The summed E-state index contributed by atoms with van der Waals surface area (Å²) in [5.74, 6) is -4.16. The van der Waals surface area contributed by atoms with Crippen LogP contribution in [0.4, 0.5) is 5.69 Å². The number of rotatable bonds is 6. The molecule has 0 unspecified atom stereocenters. The number of aromatic carboxylic acids is 2. The molecule has 1 N–H and O–H groups in total. The maximum atomic E-state index is 12.6. The Balaban J connectivity index is 2.40. The highest BCUT2D eigenvalue weighted by atomic mass is 16.4. The molecule has 1 aromatic heterocycles. The molecule has 0 fully saturated rings. The molecule has 1 aromatic carbocycles. The number of nitrogens with zero attached hydrogens (tertiary/aromatic N) is 3. The zero-order valence-corrected chi connectivity index (χ0v) is 13.9. The summed E-state index contributed by atoms with van der Waals surface area (Å²) in [4.78, 5) is 34.8. The van der Waals surface area contributed by atoms with Crippen molar-refractivity contribution in [2.45, 2.75) is 33.2 Å². The molecule has 0 aliphatic carbocycles. The Morgan fingerprint density at radius 3 is 2.44 bits per heavy atom. The quantitative estimate of drug-likeness (QED) is 0.724. The van der Waals surface area contributed by atoms with Crippen molar-refractivity contribution in [3.05, 3.63) is 40.7 Å². The number of anilines is 1. The van der Waals surface area contributed by atoms with Crippen LogP contribution in [-0.2, 0) is 4.79 Å². The Morgan fingerprint density at radius 2 is 1.88 bits per heavy atom. The van der Waals surface area contributed by atoms with Gasteiger partial charge < -0.3 is 25.1 Å². The first-order valence-corrected chi connectivity index (χ1v) is 7.52. The lowest BCUT2D eigenvalue weighted by Gasteiger charge is -2.19. The third-order valence-corrected chi connectivity index (χ3v) is 3.72. The van der Waals surface area contributed by atoms with Crippen LogP contribution in [0.5, 0.6) is 0 Å². The van der Waals surface area contributed by atoms with E-state index in [1.807, 2.05) is 26.0 Å². The number of hydrogen-bond acceptors (Lipinski definition) is 7. The van der Waals surface area contributed by atoms with Crippen LogP contribution >= 0.6 is 0 Å². The zero-order valence-electron chi connectivity index (χ0n) is 13.9. The van der Waals surface area contributed by atoms with Crippen LogP contribution < -0.4 is 15.5 Å². The number of carbonyl (C=O) groups is 3. The number of benzene rings is 1. The summed E-state index contributed by atoms with van der Waals surface area (Å²) in [7, 11) is 0. The number of aryl methyl sites for hydroxylation is 2. The van der Waals surface area contributed by atoms with Gasteiger partial charge in [-0.2, -0.15) is 0 Å². The van der Waals surface area contributed by atoms with Crippen molar-refractivity contribution in [2.75, 3.05) is 5.32 Å². The number of carboxylic acid groups (broad SMARTS) is 2. The summed E-state index contributed by atoms with van der Waals surface area (Å²) in [6.07, 6.45) is 0.160. The third kappa shape index (κ3) is 3.65. The molecule has 2 aromatic rings. The van der Waals surface area contributed by atoms with Crippen LogP contribution in [0.2, 0.25) is 0 Å². The molecule has 25 heavy (non-hydrogen) atoms. The Labute approximate surface area is 143 Å². The minimum absolute atomic E-state index is 0.160. The van der Waals surface area contributed by atoms with Crippen molar-refractivity contribution >= 4 is 23.5 Å². The zero-order chi connectivity index (χ0) is 18.7. The summed E-state index contributed by atoms with van der Waals surface area (Å²) in [6, 6.07) is 4.42. The second-order valence-corrected chi connectivity index (χ2v) is 5.54. The van der Waals surface area contributed by atoms with Crippen molar-refractivity contribution in [3.8, 4) is 0 Å². The van der Waals surface area contributed by atoms with Gasteiger partial charge in [0, 0.05) is 5.69 Å². The van der Waals surface area contributed by atoms with Crippen LogP contribution in [-0.4, -0.2) is 32.8 Å². The van der Waals surface area contributed by atoms with Crippen LogP contribution in [0.15, 0.2) is 18.2 Å². The van der Waals surface area contributed by atoms with Crippen LogP contribution in [0.1, 0.15) is 51.5 Å². The predicted molar refractivity (Wildman–Crippen MR) is 82.6 cm³/mol. The highest BCUT2D eigenvalue weighted by Gasteiger charge is 2.26. The number of aromatic nitrogens is 3. The fourth-order valence-electron chi connectivity index (χ4n) is 2.40. The molecule has 9 heteroatoms. The van der Waals surface area contributed by atoms with E-state index in [4.69, 9.17) is 0 Å². The maximum Gasteiger partial charge on any atom is 0.249 e. The van der Waals surface area contributed by atoms with E-state index >= 15 is 0 Å². The smallest absolute Gasteiger partial charge is 0.249 e. The van der Waals surface area contributed by atoms with Crippen LogP contribution in [0.25, 0.3) is 0 Å². The first kappa shape index (κ1) is 18.1. The Hall–Kier alpha value is -3.23. The molecule has 1 atom stereocenters. The molecular weight excluding hydrogens is 328 g/mol. The van der Waals surface area contributed by atoms with E-state index in [0.717, 1.165) is 15.8 Å². The van der Waals surface area contributed by atoms with E-state index in [2.05, 4.69) is 15.6 Å². The Morgan fingerprint density at radius 1 is 1.20 bits per heavy atom. The molecule has 0 saturated carbocycles. The van der Waals surface area contributed by atoms with E-state index in [1.54, 1.807) is 13.0 Å². The molecule has 2 rings (SSSR count). The molecule has 0 aliphatic heterocycles. The molecule has 1 heterocycles. The second-order valence-electron chi connectivity index (χ2n) is 5.54. The average molecular weight is 344 g/mol. The second kappa shape index (κ2) is 7.12. The maximum absolute atomic E-state index is 12.6. The van der Waals surface area contributed by atoms with Crippen molar-refractivity contribution in [1.29, 1.82) is 0 Å². The molecule has 1 amide bonds. The minimum Gasteiger partial charge on any atom is -0.543 e. The standard InChI is InChI=1S/C16H18N4O5/c1-4-11(14(21)17-10-7-8(2)5-6-9(10)3)20-13(16(24)25)12(15(22)23)18-19-20/h5-7,11H,4H2,1-3H3,(H,17,21)(H,22,23)(H,24,25)/p-2/t11-/m1/s1. The molecule has 0 bridgehead atoms. The topological polar surface area (TPSA) is 140 Å². The number of carbonyl (C=O) groups excluding carboxylic acids is 3. The molecule has 0 radical (unpaired) electrons. The minimum atomic E-state index is -1.81. The molecule has 9 nitrogen and oxygen atoms in total. The van der Waals surface area contributed by atoms with Gasteiger partial charge in [0.15, 0.2) is 0 Å². The fourth-order valence-corrected chi connectivity index (χ4v) is 2.40. The highest BCUT2D eigenvalue weighted by Crippen LogP contribution is 2.21. The number of hydrogen-bond donors (Lipinski definition) is 1. The lowest BCUT2D eigenvalue weighted by atomic mass is 10.1. The van der Waals surface area contributed by atoms with Gasteiger partial charge in [-0.25, -0.2) is 4.68 Å². The van der Waals surface area contributed by atoms with Crippen molar-refractivity contribution in [1.82, 2.24) is 15.0 Å². The summed E-state index contributed by atoms with van der Waals surface area (Å²) < 4.78 is 0.737. The van der Waals surface area contributed by atoms with Gasteiger partial charge in [-0.05, 0) is 37.5 Å². The Bertz CT molecular complexity index is 843. The van der Waals surface area contributed by atoms with Crippen LogP contribution in [0.3, 0.4) is 0 Å². The van der Waals surface area contributed by atoms with Gasteiger partial charge in [-0.1, -0.05) is 24.3 Å². The molecule has 0 aliphatic rings. The lowest BCUT2D eigenvalue weighted by Crippen LogP contribution is -2.35. The molecular formula is C16H16N4O5-2. The van der Waals surface area contributed by atoms with Crippen molar-refractivity contribution < 1.29 is 24.6 Å². The largest absolute Gasteiger partial charge is 0.543 e. The fraction of sp³-hybridized carbons (Fsp3) is 0.312.